The highest BCUT2D eigenvalue weighted by molar-refractivity contribution is 7.98. The number of benzene rings is 2. The standard InChI is InChI=1S/C22H14ClFN4O3S/c23-14-5-8-17-18(10-14)25-22(28(21(17)29)11-16-2-1-9-30-16)32-12-19-26-20(31-27-19)13-3-6-15(24)7-4-13/h1-10H,11-12H2. The largest absolute Gasteiger partial charge is 0.467 e. The molecule has 0 unspecified atom stereocenters. The minimum absolute atomic E-state index is 0.203. The minimum atomic E-state index is -0.346. The van der Waals surface area contributed by atoms with Crippen molar-refractivity contribution in [2.45, 2.75) is 17.5 Å². The number of aromatic nitrogens is 4. The molecule has 3 aromatic heterocycles. The first-order valence-electron chi connectivity index (χ1n) is 9.50. The molecule has 0 aliphatic carbocycles. The second-order valence-electron chi connectivity index (χ2n) is 6.84. The van der Waals surface area contributed by atoms with E-state index in [-0.39, 0.29) is 23.8 Å². The van der Waals surface area contributed by atoms with Crippen LogP contribution in [0.3, 0.4) is 0 Å². The Morgan fingerprint density at radius 3 is 2.72 bits per heavy atom. The lowest BCUT2D eigenvalue weighted by Gasteiger charge is -2.11. The number of halogens is 2. The van der Waals surface area contributed by atoms with Crippen molar-refractivity contribution >= 4 is 34.3 Å². The summed E-state index contributed by atoms with van der Waals surface area (Å²) < 4.78 is 25.4. The van der Waals surface area contributed by atoms with Gasteiger partial charge in [0.15, 0.2) is 11.0 Å². The van der Waals surface area contributed by atoms with Gasteiger partial charge in [-0.05, 0) is 54.6 Å². The lowest BCUT2D eigenvalue weighted by atomic mass is 10.2. The van der Waals surface area contributed by atoms with Gasteiger partial charge in [-0.3, -0.25) is 9.36 Å². The molecule has 0 amide bonds. The van der Waals surface area contributed by atoms with E-state index in [1.165, 1.54) is 23.9 Å². The van der Waals surface area contributed by atoms with Crippen LogP contribution in [0, 0.1) is 5.82 Å². The molecule has 160 valence electrons. The number of hydrogen-bond donors (Lipinski definition) is 0. The topological polar surface area (TPSA) is 87.0 Å². The van der Waals surface area contributed by atoms with Crippen LogP contribution in [0.4, 0.5) is 4.39 Å². The van der Waals surface area contributed by atoms with Gasteiger partial charge in [0.05, 0.1) is 29.5 Å². The highest BCUT2D eigenvalue weighted by atomic mass is 35.5. The van der Waals surface area contributed by atoms with Gasteiger partial charge in [0.2, 0.25) is 0 Å². The van der Waals surface area contributed by atoms with Crippen molar-refractivity contribution in [1.29, 1.82) is 0 Å². The summed E-state index contributed by atoms with van der Waals surface area (Å²) in [5.41, 5.74) is 0.912. The lowest BCUT2D eigenvalue weighted by molar-refractivity contribution is 0.425. The van der Waals surface area contributed by atoms with Crippen molar-refractivity contribution in [2.75, 3.05) is 0 Å². The molecule has 0 saturated carbocycles. The number of rotatable bonds is 6. The zero-order valence-electron chi connectivity index (χ0n) is 16.4. The Morgan fingerprint density at radius 1 is 1.09 bits per heavy atom. The van der Waals surface area contributed by atoms with E-state index in [1.807, 2.05) is 0 Å². The highest BCUT2D eigenvalue weighted by Crippen LogP contribution is 2.25. The van der Waals surface area contributed by atoms with Gasteiger partial charge >= 0.3 is 0 Å². The average molecular weight is 469 g/mol. The summed E-state index contributed by atoms with van der Waals surface area (Å²) in [5, 5.41) is 5.40. The van der Waals surface area contributed by atoms with Gasteiger partial charge in [-0.15, -0.1) is 0 Å². The van der Waals surface area contributed by atoms with Crippen molar-refractivity contribution in [3.8, 4) is 11.5 Å². The zero-order valence-corrected chi connectivity index (χ0v) is 17.9. The van der Waals surface area contributed by atoms with Gasteiger partial charge in [0, 0.05) is 10.6 Å². The first kappa shape index (κ1) is 20.5. The number of hydrogen-bond acceptors (Lipinski definition) is 7. The van der Waals surface area contributed by atoms with Crippen LogP contribution in [-0.2, 0) is 12.3 Å². The number of thioether (sulfide) groups is 1. The number of furan rings is 1. The van der Waals surface area contributed by atoms with E-state index >= 15 is 0 Å². The molecule has 0 spiro atoms. The van der Waals surface area contributed by atoms with E-state index in [0.717, 1.165) is 0 Å². The van der Waals surface area contributed by atoms with Gasteiger partial charge in [-0.25, -0.2) is 9.37 Å². The van der Waals surface area contributed by atoms with Gasteiger partial charge in [-0.2, -0.15) is 4.98 Å². The number of fused-ring (bicyclic) bond motifs is 1. The summed E-state index contributed by atoms with van der Waals surface area (Å²) >= 11 is 7.39. The summed E-state index contributed by atoms with van der Waals surface area (Å²) in [6.07, 6.45) is 1.55. The molecule has 5 aromatic rings. The van der Waals surface area contributed by atoms with Gasteiger partial charge in [-0.1, -0.05) is 28.5 Å². The molecule has 10 heteroatoms. The van der Waals surface area contributed by atoms with E-state index in [2.05, 4.69) is 15.1 Å². The van der Waals surface area contributed by atoms with Crippen LogP contribution in [0.5, 0.6) is 0 Å². The van der Waals surface area contributed by atoms with E-state index in [1.54, 1.807) is 53.3 Å². The summed E-state index contributed by atoms with van der Waals surface area (Å²) in [6, 6.07) is 14.3. The van der Waals surface area contributed by atoms with E-state index < -0.39 is 0 Å². The van der Waals surface area contributed by atoms with Crippen molar-refractivity contribution in [3.05, 3.63) is 93.6 Å². The van der Waals surface area contributed by atoms with E-state index in [4.69, 9.17) is 20.5 Å². The number of nitrogens with zero attached hydrogens (tertiary/aromatic N) is 4. The summed E-state index contributed by atoms with van der Waals surface area (Å²) in [7, 11) is 0. The maximum atomic E-state index is 13.2. The van der Waals surface area contributed by atoms with E-state index in [9.17, 15) is 9.18 Å². The fraction of sp³-hybridized carbons (Fsp3) is 0.0909. The van der Waals surface area contributed by atoms with Crippen LogP contribution < -0.4 is 5.56 Å². The molecular formula is C22H14ClFN4O3S. The molecule has 7 nitrogen and oxygen atoms in total. The maximum Gasteiger partial charge on any atom is 0.262 e. The SMILES string of the molecule is O=c1c2ccc(Cl)cc2nc(SCc2noc(-c3ccc(F)cc3)n2)n1Cc1ccco1. The van der Waals surface area contributed by atoms with Crippen LogP contribution in [0.1, 0.15) is 11.6 Å². The third-order valence-corrected chi connectivity index (χ3v) is 5.87. The van der Waals surface area contributed by atoms with Crippen molar-refractivity contribution in [3.63, 3.8) is 0 Å². The predicted octanol–water partition coefficient (Wildman–Crippen LogP) is 5.17. The molecule has 32 heavy (non-hydrogen) atoms. The average Bonchev–Trinajstić information content (AvgIpc) is 3.47. The molecular weight excluding hydrogens is 455 g/mol. The Bertz CT molecular complexity index is 1450. The third kappa shape index (κ3) is 4.17. The summed E-state index contributed by atoms with van der Waals surface area (Å²) in [4.78, 5) is 22.2. The summed E-state index contributed by atoms with van der Waals surface area (Å²) in [5.74, 6) is 1.29. The molecule has 0 radical (unpaired) electrons. The fourth-order valence-corrected chi connectivity index (χ4v) is 4.14. The Labute approximate surface area is 189 Å². The molecule has 0 aliphatic rings. The molecule has 0 bridgehead atoms. The van der Waals surface area contributed by atoms with Gasteiger partial charge in [0.25, 0.3) is 11.4 Å². The minimum Gasteiger partial charge on any atom is -0.467 e. The monoisotopic (exact) mass is 468 g/mol. The molecule has 0 fully saturated rings. The third-order valence-electron chi connectivity index (χ3n) is 4.67. The second-order valence-corrected chi connectivity index (χ2v) is 8.22. The Kier molecular flexibility index (Phi) is 5.50. The molecule has 0 atom stereocenters. The maximum absolute atomic E-state index is 13.2. The molecule has 3 heterocycles. The lowest BCUT2D eigenvalue weighted by Crippen LogP contribution is -2.23. The van der Waals surface area contributed by atoms with Crippen LogP contribution in [0.15, 0.2) is 79.8 Å². The molecule has 2 aromatic carbocycles. The first-order valence-corrected chi connectivity index (χ1v) is 10.9. The van der Waals surface area contributed by atoms with Gasteiger partial charge < -0.3 is 8.94 Å². The second kappa shape index (κ2) is 8.60. The van der Waals surface area contributed by atoms with Crippen molar-refractivity contribution < 1.29 is 13.3 Å². The van der Waals surface area contributed by atoms with Crippen LogP contribution in [-0.4, -0.2) is 19.7 Å². The molecule has 0 aliphatic heterocycles. The van der Waals surface area contributed by atoms with E-state index in [0.29, 0.717) is 44.0 Å². The predicted molar refractivity (Wildman–Crippen MR) is 118 cm³/mol. The molecule has 5 rings (SSSR count). The zero-order chi connectivity index (χ0) is 22.1. The Morgan fingerprint density at radius 2 is 1.94 bits per heavy atom. The highest BCUT2D eigenvalue weighted by Gasteiger charge is 2.16. The van der Waals surface area contributed by atoms with Crippen molar-refractivity contribution in [2.24, 2.45) is 0 Å². The fourth-order valence-electron chi connectivity index (χ4n) is 3.13. The van der Waals surface area contributed by atoms with Gasteiger partial charge in [0.1, 0.15) is 11.6 Å². The van der Waals surface area contributed by atoms with Crippen molar-refractivity contribution in [1.82, 2.24) is 19.7 Å². The summed E-state index contributed by atoms with van der Waals surface area (Å²) in [6.45, 7) is 0.229. The quantitative estimate of drug-likeness (QED) is 0.251. The van der Waals surface area contributed by atoms with Crippen LogP contribution in [0.2, 0.25) is 5.02 Å². The molecule has 0 saturated heterocycles. The smallest absolute Gasteiger partial charge is 0.262 e. The van der Waals surface area contributed by atoms with Crippen LogP contribution in [0.25, 0.3) is 22.4 Å². The Hall–Kier alpha value is -3.43. The Balaban J connectivity index is 1.46. The first-order chi connectivity index (χ1) is 15.6. The normalized spacial score (nSPS) is 11.3. The van der Waals surface area contributed by atoms with Crippen LogP contribution >= 0.6 is 23.4 Å². The molecule has 0 N–H and O–H groups in total.